The first-order valence-electron chi connectivity index (χ1n) is 7.75. The lowest BCUT2D eigenvalue weighted by atomic mass is 10.2. The molecule has 0 fully saturated rings. The van der Waals surface area contributed by atoms with Gasteiger partial charge in [0.1, 0.15) is 11.5 Å². The van der Waals surface area contributed by atoms with E-state index in [4.69, 9.17) is 9.47 Å². The minimum Gasteiger partial charge on any atom is -0.497 e. The Kier molecular flexibility index (Phi) is 6.32. The molecule has 140 valence electrons. The van der Waals surface area contributed by atoms with E-state index in [9.17, 15) is 18.0 Å². The predicted octanol–water partition coefficient (Wildman–Crippen LogP) is 4.00. The van der Waals surface area contributed by atoms with Crippen LogP contribution in [0.1, 0.15) is 5.56 Å². The summed E-state index contributed by atoms with van der Waals surface area (Å²) < 4.78 is 47.0. The highest BCUT2D eigenvalue weighted by atomic mass is 19.4. The molecule has 26 heavy (non-hydrogen) atoms. The van der Waals surface area contributed by atoms with E-state index in [1.165, 1.54) is 13.2 Å². The van der Waals surface area contributed by atoms with Crippen molar-refractivity contribution in [1.29, 1.82) is 0 Å². The van der Waals surface area contributed by atoms with E-state index in [1.54, 1.807) is 43.3 Å². The highest BCUT2D eigenvalue weighted by Crippen LogP contribution is 2.27. The number of carbonyl (C=O) groups excluding carboxylic acids is 1. The molecule has 0 heterocycles. The van der Waals surface area contributed by atoms with Gasteiger partial charge < -0.3 is 20.1 Å². The molecule has 2 rings (SSSR count). The van der Waals surface area contributed by atoms with E-state index in [1.807, 2.05) is 0 Å². The third kappa shape index (κ3) is 6.19. The van der Waals surface area contributed by atoms with Crippen LogP contribution >= 0.6 is 0 Å². The molecule has 0 saturated heterocycles. The third-order valence-electron chi connectivity index (χ3n) is 3.34. The number of methoxy groups -OCH3 is 1. The maximum atomic E-state index is 12.4. The quantitative estimate of drug-likeness (QED) is 0.776. The summed E-state index contributed by atoms with van der Waals surface area (Å²) in [7, 11) is 1.54. The lowest BCUT2D eigenvalue weighted by Crippen LogP contribution is -2.23. The van der Waals surface area contributed by atoms with Gasteiger partial charge in [-0.2, -0.15) is 13.2 Å². The highest BCUT2D eigenvalue weighted by molar-refractivity contribution is 5.94. The zero-order valence-electron chi connectivity index (χ0n) is 14.3. The fourth-order valence-electron chi connectivity index (χ4n) is 2.11. The van der Waals surface area contributed by atoms with Crippen molar-refractivity contribution in [3.63, 3.8) is 0 Å². The van der Waals surface area contributed by atoms with Crippen molar-refractivity contribution in [2.75, 3.05) is 30.9 Å². The number of aryl methyl sites for hydroxylation is 1. The Labute approximate surface area is 149 Å². The highest BCUT2D eigenvalue weighted by Gasteiger charge is 2.28. The first kappa shape index (κ1) is 19.4. The summed E-state index contributed by atoms with van der Waals surface area (Å²) >= 11 is 0. The molecule has 2 aromatic carbocycles. The van der Waals surface area contributed by atoms with Crippen LogP contribution < -0.4 is 20.1 Å². The molecule has 0 aromatic heterocycles. The van der Waals surface area contributed by atoms with Crippen LogP contribution in [-0.2, 0) is 4.79 Å². The summed E-state index contributed by atoms with van der Waals surface area (Å²) in [6.07, 6.45) is -4.44. The Balaban J connectivity index is 1.95. The molecule has 2 N–H and O–H groups in total. The van der Waals surface area contributed by atoms with Crippen molar-refractivity contribution in [1.82, 2.24) is 0 Å². The lowest BCUT2D eigenvalue weighted by molar-refractivity contribution is -0.153. The van der Waals surface area contributed by atoms with Gasteiger partial charge in [0.2, 0.25) is 5.91 Å². The monoisotopic (exact) mass is 368 g/mol. The van der Waals surface area contributed by atoms with E-state index in [2.05, 4.69) is 10.6 Å². The third-order valence-corrected chi connectivity index (χ3v) is 3.34. The van der Waals surface area contributed by atoms with Crippen LogP contribution in [0.3, 0.4) is 0 Å². The number of hydrogen-bond donors (Lipinski definition) is 2. The Morgan fingerprint density at radius 2 is 1.81 bits per heavy atom. The molecule has 0 bridgehead atoms. The van der Waals surface area contributed by atoms with Crippen LogP contribution in [0.15, 0.2) is 42.5 Å². The minimum absolute atomic E-state index is 0.0413. The maximum absolute atomic E-state index is 12.4. The molecule has 0 atom stereocenters. The standard InChI is InChI=1S/C18H19F3N2O3/c1-12-3-8-15(16(9-12)26-11-18(19,20)21)22-10-17(24)23-13-4-6-14(25-2)7-5-13/h3-9,22H,10-11H2,1-2H3,(H,23,24). The summed E-state index contributed by atoms with van der Waals surface area (Å²) in [6, 6.07) is 11.5. The number of benzene rings is 2. The molecule has 0 aliphatic rings. The van der Waals surface area contributed by atoms with Gasteiger partial charge in [-0.25, -0.2) is 0 Å². The Morgan fingerprint density at radius 3 is 2.42 bits per heavy atom. The lowest BCUT2D eigenvalue weighted by Gasteiger charge is -2.15. The molecular weight excluding hydrogens is 349 g/mol. The second kappa shape index (κ2) is 8.46. The van der Waals surface area contributed by atoms with Gasteiger partial charge in [0.15, 0.2) is 6.61 Å². The van der Waals surface area contributed by atoms with Gasteiger partial charge in [-0.3, -0.25) is 4.79 Å². The van der Waals surface area contributed by atoms with Gasteiger partial charge in [-0.1, -0.05) is 6.07 Å². The molecule has 0 spiro atoms. The number of nitrogens with one attached hydrogen (secondary N) is 2. The maximum Gasteiger partial charge on any atom is 0.422 e. The van der Waals surface area contributed by atoms with Crippen molar-refractivity contribution in [2.45, 2.75) is 13.1 Å². The van der Waals surface area contributed by atoms with Gasteiger partial charge in [-0.15, -0.1) is 0 Å². The molecule has 0 unspecified atom stereocenters. The van der Waals surface area contributed by atoms with Gasteiger partial charge in [0, 0.05) is 5.69 Å². The van der Waals surface area contributed by atoms with Crippen LogP contribution in [0.5, 0.6) is 11.5 Å². The van der Waals surface area contributed by atoms with Crippen molar-refractivity contribution in [3.8, 4) is 11.5 Å². The summed E-state index contributed by atoms with van der Waals surface area (Å²) in [5, 5.41) is 5.46. The van der Waals surface area contributed by atoms with E-state index in [-0.39, 0.29) is 18.2 Å². The first-order valence-corrected chi connectivity index (χ1v) is 7.75. The molecule has 0 aliphatic heterocycles. The van der Waals surface area contributed by atoms with Gasteiger partial charge >= 0.3 is 6.18 Å². The largest absolute Gasteiger partial charge is 0.497 e. The second-order valence-corrected chi connectivity index (χ2v) is 5.53. The van der Waals surface area contributed by atoms with Crippen LogP contribution in [0.25, 0.3) is 0 Å². The Bertz CT molecular complexity index is 746. The zero-order chi connectivity index (χ0) is 19.2. The van der Waals surface area contributed by atoms with Crippen LogP contribution in [0.2, 0.25) is 0 Å². The minimum atomic E-state index is -4.44. The van der Waals surface area contributed by atoms with Gasteiger partial charge in [-0.05, 0) is 48.9 Å². The van der Waals surface area contributed by atoms with Crippen molar-refractivity contribution >= 4 is 17.3 Å². The predicted molar refractivity (Wildman–Crippen MR) is 92.8 cm³/mol. The average molecular weight is 368 g/mol. The number of anilines is 2. The average Bonchev–Trinajstić information content (AvgIpc) is 2.59. The normalized spacial score (nSPS) is 11.0. The molecule has 0 aliphatic carbocycles. The molecule has 5 nitrogen and oxygen atoms in total. The molecule has 2 aromatic rings. The summed E-state index contributed by atoms with van der Waals surface area (Å²) in [5.74, 6) is 0.351. The fourth-order valence-corrected chi connectivity index (χ4v) is 2.11. The smallest absolute Gasteiger partial charge is 0.422 e. The second-order valence-electron chi connectivity index (χ2n) is 5.53. The summed E-state index contributed by atoms with van der Waals surface area (Å²) in [6.45, 7) is 0.210. The number of ether oxygens (including phenoxy) is 2. The zero-order valence-corrected chi connectivity index (χ0v) is 14.3. The number of carbonyl (C=O) groups is 1. The van der Waals surface area contributed by atoms with Crippen LogP contribution in [0.4, 0.5) is 24.5 Å². The fraction of sp³-hybridized carbons (Fsp3) is 0.278. The number of halogens is 3. The molecular formula is C18H19F3N2O3. The number of rotatable bonds is 7. The molecule has 0 saturated carbocycles. The SMILES string of the molecule is COc1ccc(NC(=O)CNc2ccc(C)cc2OCC(F)(F)F)cc1. The molecule has 0 radical (unpaired) electrons. The van der Waals surface area contributed by atoms with E-state index >= 15 is 0 Å². The number of hydrogen-bond acceptors (Lipinski definition) is 4. The van der Waals surface area contributed by atoms with E-state index < -0.39 is 12.8 Å². The first-order chi connectivity index (χ1) is 12.3. The Morgan fingerprint density at radius 1 is 1.12 bits per heavy atom. The number of alkyl halides is 3. The van der Waals surface area contributed by atoms with Crippen molar-refractivity contribution in [3.05, 3.63) is 48.0 Å². The summed E-state index contributed by atoms with van der Waals surface area (Å²) in [5.41, 5.74) is 1.63. The van der Waals surface area contributed by atoms with E-state index in [0.29, 0.717) is 17.1 Å². The topological polar surface area (TPSA) is 59.6 Å². The molecule has 1 amide bonds. The van der Waals surface area contributed by atoms with Crippen molar-refractivity contribution in [2.24, 2.45) is 0 Å². The van der Waals surface area contributed by atoms with Gasteiger partial charge in [0.05, 0.1) is 19.3 Å². The number of amides is 1. The van der Waals surface area contributed by atoms with Crippen molar-refractivity contribution < 1.29 is 27.4 Å². The van der Waals surface area contributed by atoms with E-state index in [0.717, 1.165) is 5.56 Å². The Hall–Kier alpha value is -2.90. The van der Waals surface area contributed by atoms with Crippen LogP contribution in [-0.4, -0.2) is 32.3 Å². The summed E-state index contributed by atoms with van der Waals surface area (Å²) in [4.78, 5) is 12.0. The molecule has 8 heteroatoms. The van der Waals surface area contributed by atoms with Gasteiger partial charge in [0.25, 0.3) is 0 Å². The van der Waals surface area contributed by atoms with Crippen LogP contribution in [0, 0.1) is 6.92 Å².